The number of rotatable bonds is 9. The maximum Gasteiger partial charge on any atom is 0.332 e. The number of hydrogen-bond donors (Lipinski definition) is 0. The van der Waals surface area contributed by atoms with Gasteiger partial charge in [0.25, 0.3) is 0 Å². The molecule has 27 heavy (non-hydrogen) atoms. The molecule has 2 rings (SSSR count). The maximum atomic E-state index is 12.2. The number of aromatic nitrogens is 1. The average molecular weight is 392 g/mol. The summed E-state index contributed by atoms with van der Waals surface area (Å²) in [7, 11) is 4.58. The molecule has 1 unspecified atom stereocenters. The lowest BCUT2D eigenvalue weighted by atomic mass is 9.69. The Balaban J connectivity index is 1.97. The molecule has 0 N–H and O–H groups in total. The molecule has 1 aromatic rings. The first-order valence-electron chi connectivity index (χ1n) is 9.57. The van der Waals surface area contributed by atoms with Crippen molar-refractivity contribution in [3.63, 3.8) is 0 Å². The van der Waals surface area contributed by atoms with E-state index in [9.17, 15) is 4.79 Å². The fourth-order valence-electron chi connectivity index (χ4n) is 2.61. The van der Waals surface area contributed by atoms with Crippen molar-refractivity contribution in [2.75, 3.05) is 13.2 Å². The van der Waals surface area contributed by atoms with Crippen molar-refractivity contribution in [3.8, 4) is 5.88 Å². The zero-order chi connectivity index (χ0) is 20.3. The van der Waals surface area contributed by atoms with E-state index >= 15 is 0 Å². The predicted octanol–water partition coefficient (Wildman–Crippen LogP) is 3.20. The lowest BCUT2D eigenvalue weighted by Crippen LogP contribution is -2.45. The van der Waals surface area contributed by atoms with Gasteiger partial charge < -0.3 is 14.1 Å². The highest BCUT2D eigenvalue weighted by molar-refractivity contribution is 7.19. The van der Waals surface area contributed by atoms with Crippen LogP contribution < -0.4 is 10.2 Å². The van der Waals surface area contributed by atoms with Gasteiger partial charge in [0.1, 0.15) is 12.0 Å². The van der Waals surface area contributed by atoms with Crippen molar-refractivity contribution in [3.05, 3.63) is 17.8 Å². The summed E-state index contributed by atoms with van der Waals surface area (Å²) in [6, 6.07) is 1.88. The minimum atomic E-state index is -0.506. The molecule has 0 aromatic carbocycles. The molecule has 0 saturated heterocycles. The van der Waals surface area contributed by atoms with Gasteiger partial charge in [-0.1, -0.05) is 20.3 Å². The molecule has 1 atom stereocenters. The Hall–Kier alpha value is -1.13. The number of carbonyl (C=O) groups excluding carboxylic acids is 1. The molecular formula is C20H32BNO4P. The summed E-state index contributed by atoms with van der Waals surface area (Å²) >= 11 is 0. The zero-order valence-corrected chi connectivity index (χ0v) is 18.6. The van der Waals surface area contributed by atoms with Crippen LogP contribution in [0.1, 0.15) is 59.4 Å². The summed E-state index contributed by atoms with van der Waals surface area (Å²) in [5.41, 5.74) is 1.08. The SMILES string of the molecule is CCOC(=O)C1(COc2cc(C)c([B]OC(C)(C)C(C)(C)P)cn2)CCC1. The van der Waals surface area contributed by atoms with Crippen LogP contribution in [0.3, 0.4) is 0 Å². The van der Waals surface area contributed by atoms with Crippen molar-refractivity contribution >= 4 is 28.2 Å². The smallest absolute Gasteiger partial charge is 0.332 e. The predicted molar refractivity (Wildman–Crippen MR) is 112 cm³/mol. The average Bonchev–Trinajstić information content (AvgIpc) is 2.52. The van der Waals surface area contributed by atoms with Gasteiger partial charge in [0, 0.05) is 17.4 Å². The lowest BCUT2D eigenvalue weighted by Gasteiger charge is -2.39. The van der Waals surface area contributed by atoms with Gasteiger partial charge in [0.15, 0.2) is 0 Å². The van der Waals surface area contributed by atoms with Crippen LogP contribution in [-0.2, 0) is 14.2 Å². The van der Waals surface area contributed by atoms with E-state index < -0.39 is 5.41 Å². The maximum absolute atomic E-state index is 12.2. The molecule has 1 saturated carbocycles. The highest BCUT2D eigenvalue weighted by atomic mass is 31.0. The Kier molecular flexibility index (Phi) is 6.97. The molecular weight excluding hydrogens is 360 g/mol. The van der Waals surface area contributed by atoms with Crippen LogP contribution in [0, 0.1) is 12.3 Å². The van der Waals surface area contributed by atoms with Gasteiger partial charge >= 0.3 is 13.5 Å². The second-order valence-electron chi connectivity index (χ2n) is 8.49. The van der Waals surface area contributed by atoms with E-state index in [1.165, 1.54) is 0 Å². The Morgan fingerprint density at radius 3 is 2.48 bits per heavy atom. The fourth-order valence-corrected chi connectivity index (χ4v) is 2.68. The van der Waals surface area contributed by atoms with E-state index in [4.69, 9.17) is 14.1 Å². The van der Waals surface area contributed by atoms with Crippen molar-refractivity contribution in [2.24, 2.45) is 5.41 Å². The van der Waals surface area contributed by atoms with E-state index in [1.807, 2.05) is 19.9 Å². The third-order valence-corrected chi connectivity index (χ3v) is 6.37. The summed E-state index contributed by atoms with van der Waals surface area (Å²) in [4.78, 5) is 16.6. The van der Waals surface area contributed by atoms with Gasteiger partial charge in [-0.05, 0) is 51.6 Å². The molecule has 0 amide bonds. The molecule has 0 bridgehead atoms. The summed E-state index contributed by atoms with van der Waals surface area (Å²) in [5, 5.41) is -0.0714. The second-order valence-corrected chi connectivity index (χ2v) is 9.93. The Morgan fingerprint density at radius 2 is 2.00 bits per heavy atom. The van der Waals surface area contributed by atoms with Crippen LogP contribution in [0.15, 0.2) is 12.3 Å². The van der Waals surface area contributed by atoms with Gasteiger partial charge in [-0.15, -0.1) is 9.24 Å². The number of hydrogen-bond acceptors (Lipinski definition) is 5. The van der Waals surface area contributed by atoms with Gasteiger partial charge in [-0.25, -0.2) is 4.98 Å². The molecule has 1 radical (unpaired) electrons. The Morgan fingerprint density at radius 1 is 1.33 bits per heavy atom. The molecule has 1 aliphatic carbocycles. The molecule has 1 aromatic heterocycles. The van der Waals surface area contributed by atoms with Crippen LogP contribution in [0.5, 0.6) is 5.88 Å². The standard InChI is InChI=1S/C20H32BNO4P/c1-7-24-17(23)20(9-8-10-20)13-25-16-11-14(2)15(12-22-16)21-26-18(3,4)19(5,6)27/h11-12H,7-10,13,27H2,1-6H3. The molecule has 0 aliphatic heterocycles. The lowest BCUT2D eigenvalue weighted by molar-refractivity contribution is -0.163. The van der Waals surface area contributed by atoms with Crippen molar-refractivity contribution in [1.82, 2.24) is 4.98 Å². The molecule has 1 fully saturated rings. The molecule has 0 spiro atoms. The molecule has 5 nitrogen and oxygen atoms in total. The summed E-state index contributed by atoms with van der Waals surface area (Å²) in [6.45, 7) is 12.9. The topological polar surface area (TPSA) is 57.7 Å². The van der Waals surface area contributed by atoms with Gasteiger partial charge in [-0.3, -0.25) is 4.79 Å². The van der Waals surface area contributed by atoms with Crippen molar-refractivity contribution in [1.29, 1.82) is 0 Å². The van der Waals surface area contributed by atoms with Crippen molar-refractivity contribution in [2.45, 2.75) is 71.6 Å². The molecule has 1 heterocycles. The van der Waals surface area contributed by atoms with E-state index in [0.29, 0.717) is 19.1 Å². The highest BCUT2D eigenvalue weighted by Gasteiger charge is 2.46. The monoisotopic (exact) mass is 392 g/mol. The largest absolute Gasteiger partial charge is 0.476 e. The minimum absolute atomic E-state index is 0.0714. The number of nitrogens with zero attached hydrogens (tertiary/aromatic N) is 1. The van der Waals surface area contributed by atoms with Gasteiger partial charge in [-0.2, -0.15) is 0 Å². The van der Waals surface area contributed by atoms with Crippen LogP contribution >= 0.6 is 9.24 Å². The highest BCUT2D eigenvalue weighted by Crippen LogP contribution is 2.42. The molecule has 7 heteroatoms. The van der Waals surface area contributed by atoms with Gasteiger partial charge in [0.05, 0.1) is 12.2 Å². The summed E-state index contributed by atoms with van der Waals surface area (Å²) < 4.78 is 17.1. The Bertz CT molecular complexity index is 668. The number of carbonyl (C=O) groups is 1. The quantitative estimate of drug-likeness (QED) is 0.367. The fraction of sp³-hybridized carbons (Fsp3) is 0.700. The molecule has 149 valence electrons. The van der Waals surface area contributed by atoms with Crippen LogP contribution in [-0.4, -0.2) is 42.4 Å². The number of ether oxygens (including phenoxy) is 2. The van der Waals surface area contributed by atoms with Gasteiger partial charge in [0.2, 0.25) is 5.88 Å². The first-order valence-corrected chi connectivity index (χ1v) is 10.1. The van der Waals surface area contributed by atoms with Crippen LogP contribution in [0.2, 0.25) is 0 Å². The van der Waals surface area contributed by atoms with E-state index in [2.05, 4.69) is 41.9 Å². The molecule has 1 aliphatic rings. The van der Waals surface area contributed by atoms with Crippen molar-refractivity contribution < 1.29 is 18.9 Å². The number of esters is 1. The number of aryl methyl sites for hydroxylation is 1. The second kappa shape index (κ2) is 8.49. The van der Waals surface area contributed by atoms with E-state index in [0.717, 1.165) is 30.3 Å². The van der Waals surface area contributed by atoms with E-state index in [1.54, 1.807) is 13.7 Å². The van der Waals surface area contributed by atoms with Crippen LogP contribution in [0.25, 0.3) is 0 Å². The zero-order valence-electron chi connectivity index (χ0n) is 17.4. The summed E-state index contributed by atoms with van der Waals surface area (Å²) in [6.07, 6.45) is 4.39. The minimum Gasteiger partial charge on any atom is -0.476 e. The third kappa shape index (κ3) is 5.23. The number of pyridine rings is 1. The summed E-state index contributed by atoms with van der Waals surface area (Å²) in [5.74, 6) is 0.361. The Labute approximate surface area is 166 Å². The first kappa shape index (κ1) is 22.2. The first-order chi connectivity index (χ1) is 12.5. The third-order valence-electron chi connectivity index (χ3n) is 5.67. The van der Waals surface area contributed by atoms with E-state index in [-0.39, 0.29) is 16.7 Å². The van der Waals surface area contributed by atoms with Crippen LogP contribution in [0.4, 0.5) is 0 Å². The normalized spacial score (nSPS) is 16.4.